The van der Waals surface area contributed by atoms with Gasteiger partial charge in [0.25, 0.3) is 0 Å². The number of hydrogen-bond acceptors (Lipinski definition) is 4. The third-order valence-corrected chi connectivity index (χ3v) is 3.56. The van der Waals surface area contributed by atoms with Crippen LogP contribution in [0, 0.1) is 6.92 Å². The van der Waals surface area contributed by atoms with E-state index in [0.717, 1.165) is 28.2 Å². The molecule has 112 valence electrons. The Morgan fingerprint density at radius 1 is 0.957 bits per heavy atom. The van der Waals surface area contributed by atoms with Gasteiger partial charge in [-0.1, -0.05) is 18.2 Å². The van der Waals surface area contributed by atoms with E-state index in [2.05, 4.69) is 15.0 Å². The maximum atomic E-state index is 6.06. The van der Waals surface area contributed by atoms with E-state index in [1.165, 1.54) is 0 Å². The average Bonchev–Trinajstić information content (AvgIpc) is 2.94. The summed E-state index contributed by atoms with van der Waals surface area (Å²) in [7, 11) is 0. The molecule has 0 unspecified atom stereocenters. The van der Waals surface area contributed by atoms with Crippen molar-refractivity contribution in [2.75, 3.05) is 0 Å². The molecule has 0 saturated carbocycles. The lowest BCUT2D eigenvalue weighted by Gasteiger charge is -2.11. The van der Waals surface area contributed by atoms with Crippen LogP contribution in [0.25, 0.3) is 16.6 Å². The van der Waals surface area contributed by atoms with Gasteiger partial charge in [0, 0.05) is 23.8 Å². The minimum atomic E-state index is 0.701. The standard InChI is InChI=1S/C18H14N4O/c1-13-20-11-15(12-21-13)22-17-7-8-19-10-14(17)9-18(22)23-16-5-3-2-4-6-16/h2-12H,1H3. The quantitative estimate of drug-likeness (QED) is 0.575. The zero-order valence-electron chi connectivity index (χ0n) is 12.5. The second-order valence-electron chi connectivity index (χ2n) is 5.16. The number of hydrogen-bond donors (Lipinski definition) is 0. The van der Waals surface area contributed by atoms with E-state index in [4.69, 9.17) is 4.74 Å². The van der Waals surface area contributed by atoms with Crippen LogP contribution in [-0.2, 0) is 0 Å². The average molecular weight is 302 g/mol. The van der Waals surface area contributed by atoms with Crippen LogP contribution in [0.1, 0.15) is 5.82 Å². The summed E-state index contributed by atoms with van der Waals surface area (Å²) in [5.74, 6) is 2.21. The van der Waals surface area contributed by atoms with Gasteiger partial charge in [-0.15, -0.1) is 0 Å². The van der Waals surface area contributed by atoms with Crippen molar-refractivity contribution >= 4 is 10.9 Å². The van der Waals surface area contributed by atoms with Crippen LogP contribution >= 0.6 is 0 Å². The first-order chi connectivity index (χ1) is 11.3. The zero-order chi connectivity index (χ0) is 15.6. The van der Waals surface area contributed by atoms with Crippen molar-refractivity contribution in [2.45, 2.75) is 6.92 Å². The molecule has 4 rings (SSSR count). The van der Waals surface area contributed by atoms with Gasteiger partial charge in [0.1, 0.15) is 11.6 Å². The minimum Gasteiger partial charge on any atom is -0.440 e. The van der Waals surface area contributed by atoms with Gasteiger partial charge in [0.15, 0.2) is 0 Å². The summed E-state index contributed by atoms with van der Waals surface area (Å²) in [5, 5.41) is 0.999. The molecule has 3 heterocycles. The number of pyridine rings is 1. The van der Waals surface area contributed by atoms with Gasteiger partial charge < -0.3 is 4.74 Å². The fourth-order valence-electron chi connectivity index (χ4n) is 2.48. The minimum absolute atomic E-state index is 0.701. The highest BCUT2D eigenvalue weighted by molar-refractivity contribution is 5.83. The number of fused-ring (bicyclic) bond motifs is 1. The summed E-state index contributed by atoms with van der Waals surface area (Å²) < 4.78 is 8.05. The predicted molar refractivity (Wildman–Crippen MR) is 87.9 cm³/mol. The van der Waals surface area contributed by atoms with E-state index >= 15 is 0 Å². The Hall–Kier alpha value is -3.21. The SMILES string of the molecule is Cc1ncc(-n2c(Oc3ccccc3)cc3cnccc32)cn1. The largest absolute Gasteiger partial charge is 0.440 e. The maximum absolute atomic E-state index is 6.06. The first-order valence-corrected chi connectivity index (χ1v) is 7.29. The first-order valence-electron chi connectivity index (χ1n) is 7.29. The lowest BCUT2D eigenvalue weighted by molar-refractivity contribution is 0.455. The van der Waals surface area contributed by atoms with Crippen LogP contribution in [-0.4, -0.2) is 19.5 Å². The Kier molecular flexibility index (Phi) is 3.24. The second kappa shape index (κ2) is 5.53. The molecule has 5 heteroatoms. The Bertz CT molecular complexity index is 946. The Balaban J connectivity index is 1.89. The summed E-state index contributed by atoms with van der Waals surface area (Å²) in [6.45, 7) is 1.86. The van der Waals surface area contributed by atoms with E-state index in [9.17, 15) is 0 Å². The van der Waals surface area contributed by atoms with Gasteiger partial charge in [-0.3, -0.25) is 9.55 Å². The number of nitrogens with zero attached hydrogens (tertiary/aromatic N) is 4. The van der Waals surface area contributed by atoms with E-state index in [1.54, 1.807) is 18.6 Å². The van der Waals surface area contributed by atoms with Gasteiger partial charge in [-0.05, 0) is 25.1 Å². The summed E-state index contributed by atoms with van der Waals surface area (Å²) in [5.41, 5.74) is 1.85. The molecule has 0 radical (unpaired) electrons. The Labute approximate surface area is 133 Å². The van der Waals surface area contributed by atoms with Gasteiger partial charge in [-0.25, -0.2) is 9.97 Å². The molecule has 0 aliphatic heterocycles. The molecule has 0 fully saturated rings. The second-order valence-corrected chi connectivity index (χ2v) is 5.16. The van der Waals surface area contributed by atoms with Crippen LogP contribution in [0.15, 0.2) is 67.3 Å². The summed E-state index contributed by atoms with van der Waals surface area (Å²) >= 11 is 0. The number of ether oxygens (including phenoxy) is 1. The molecule has 0 aliphatic rings. The number of rotatable bonds is 3. The Morgan fingerprint density at radius 2 is 1.74 bits per heavy atom. The van der Waals surface area contributed by atoms with Crippen LogP contribution in [0.5, 0.6) is 11.6 Å². The normalized spacial score (nSPS) is 10.8. The van der Waals surface area contributed by atoms with Gasteiger partial charge in [-0.2, -0.15) is 0 Å². The molecule has 4 aromatic rings. The predicted octanol–water partition coefficient (Wildman–Crippen LogP) is 3.92. The van der Waals surface area contributed by atoms with Crippen LogP contribution in [0.2, 0.25) is 0 Å². The lowest BCUT2D eigenvalue weighted by Crippen LogP contribution is -2.00. The molecule has 0 aliphatic carbocycles. The molecule has 23 heavy (non-hydrogen) atoms. The Morgan fingerprint density at radius 3 is 2.52 bits per heavy atom. The van der Waals surface area contributed by atoms with Crippen molar-refractivity contribution in [3.05, 3.63) is 73.1 Å². The first kappa shape index (κ1) is 13.5. The highest BCUT2D eigenvalue weighted by atomic mass is 16.5. The smallest absolute Gasteiger partial charge is 0.205 e. The molecule has 0 bridgehead atoms. The van der Waals surface area contributed by atoms with Crippen molar-refractivity contribution in [1.29, 1.82) is 0 Å². The van der Waals surface area contributed by atoms with Crippen LogP contribution in [0.4, 0.5) is 0 Å². The van der Waals surface area contributed by atoms with Crippen molar-refractivity contribution in [1.82, 2.24) is 19.5 Å². The molecule has 0 spiro atoms. The van der Waals surface area contributed by atoms with Crippen molar-refractivity contribution < 1.29 is 4.74 Å². The van der Waals surface area contributed by atoms with E-state index < -0.39 is 0 Å². The van der Waals surface area contributed by atoms with E-state index in [1.807, 2.05) is 60.2 Å². The zero-order valence-corrected chi connectivity index (χ0v) is 12.5. The summed E-state index contributed by atoms with van der Waals surface area (Å²) in [6, 6.07) is 13.6. The highest BCUT2D eigenvalue weighted by Crippen LogP contribution is 2.31. The number of benzene rings is 1. The van der Waals surface area contributed by atoms with Gasteiger partial charge in [0.05, 0.1) is 23.6 Å². The molecule has 0 N–H and O–H groups in total. The van der Waals surface area contributed by atoms with Crippen molar-refractivity contribution in [3.63, 3.8) is 0 Å². The molecule has 0 atom stereocenters. The summed E-state index contributed by atoms with van der Waals surface area (Å²) in [4.78, 5) is 12.8. The van der Waals surface area contributed by atoms with E-state index in [0.29, 0.717) is 5.88 Å². The maximum Gasteiger partial charge on any atom is 0.205 e. The topological polar surface area (TPSA) is 52.8 Å². The van der Waals surface area contributed by atoms with Crippen LogP contribution < -0.4 is 4.74 Å². The highest BCUT2D eigenvalue weighted by Gasteiger charge is 2.13. The molecule has 1 aromatic carbocycles. The molecule has 5 nitrogen and oxygen atoms in total. The number of aromatic nitrogens is 4. The molecular formula is C18H14N4O. The fourth-order valence-corrected chi connectivity index (χ4v) is 2.48. The lowest BCUT2D eigenvalue weighted by atomic mass is 10.3. The number of para-hydroxylation sites is 1. The third-order valence-electron chi connectivity index (χ3n) is 3.56. The van der Waals surface area contributed by atoms with Crippen molar-refractivity contribution in [3.8, 4) is 17.3 Å². The van der Waals surface area contributed by atoms with Gasteiger partial charge in [0.2, 0.25) is 5.88 Å². The summed E-state index contributed by atoms with van der Waals surface area (Å²) in [6.07, 6.45) is 7.17. The van der Waals surface area contributed by atoms with Crippen LogP contribution in [0.3, 0.4) is 0 Å². The molecule has 3 aromatic heterocycles. The molecule has 0 saturated heterocycles. The van der Waals surface area contributed by atoms with Gasteiger partial charge >= 0.3 is 0 Å². The van der Waals surface area contributed by atoms with E-state index in [-0.39, 0.29) is 0 Å². The third kappa shape index (κ3) is 2.53. The molecule has 0 amide bonds. The molecular weight excluding hydrogens is 288 g/mol. The monoisotopic (exact) mass is 302 g/mol. The number of aryl methyl sites for hydroxylation is 1. The van der Waals surface area contributed by atoms with Crippen molar-refractivity contribution in [2.24, 2.45) is 0 Å². The fraction of sp³-hybridized carbons (Fsp3) is 0.0556.